The molecule has 1 amide bonds. The molecule has 1 aliphatic rings. The van der Waals surface area contributed by atoms with E-state index in [-0.39, 0.29) is 12.5 Å². The lowest BCUT2D eigenvalue weighted by Crippen LogP contribution is -2.33. The number of carbonyl (C=O) groups excluding carboxylic acids is 1. The molecule has 1 rings (SSSR count). The predicted molar refractivity (Wildman–Crippen MR) is 52.9 cm³/mol. The molecule has 1 heterocycles. The van der Waals surface area contributed by atoms with Crippen molar-refractivity contribution in [2.24, 2.45) is 5.92 Å². The number of rotatable bonds is 5. The molecule has 1 fully saturated rings. The van der Waals surface area contributed by atoms with Crippen molar-refractivity contribution >= 4 is 5.91 Å². The Bertz CT molecular complexity index is 167. The first-order valence-corrected chi connectivity index (χ1v) is 5.28. The van der Waals surface area contributed by atoms with Crippen LogP contribution in [0, 0.1) is 5.92 Å². The number of aliphatic hydroxyl groups excluding tert-OH is 1. The normalized spacial score (nSPS) is 21.9. The summed E-state index contributed by atoms with van der Waals surface area (Å²) in [4.78, 5) is 11.2. The molecule has 1 unspecified atom stereocenters. The van der Waals surface area contributed by atoms with E-state index < -0.39 is 0 Å². The average Bonchev–Trinajstić information content (AvgIpc) is 2.25. The summed E-state index contributed by atoms with van der Waals surface area (Å²) in [5, 5.41) is 11.4. The van der Waals surface area contributed by atoms with Gasteiger partial charge in [-0.1, -0.05) is 0 Å². The smallest absolute Gasteiger partial charge is 0.220 e. The first-order valence-electron chi connectivity index (χ1n) is 5.28. The predicted octanol–water partition coefficient (Wildman–Crippen LogP) is 0.302. The van der Waals surface area contributed by atoms with Crippen LogP contribution in [-0.4, -0.2) is 37.4 Å². The number of ether oxygens (including phenoxy) is 1. The molecule has 82 valence electrons. The van der Waals surface area contributed by atoms with Gasteiger partial charge >= 0.3 is 0 Å². The Morgan fingerprint density at radius 1 is 1.57 bits per heavy atom. The van der Waals surface area contributed by atoms with E-state index in [1.54, 1.807) is 0 Å². The maximum atomic E-state index is 11.2. The summed E-state index contributed by atoms with van der Waals surface area (Å²) in [6, 6.07) is 0. The van der Waals surface area contributed by atoms with Crippen molar-refractivity contribution in [3.8, 4) is 0 Å². The highest BCUT2D eigenvalue weighted by Gasteiger charge is 2.14. The lowest BCUT2D eigenvalue weighted by Gasteiger charge is -2.22. The third kappa shape index (κ3) is 4.58. The minimum Gasteiger partial charge on any atom is -0.396 e. The summed E-state index contributed by atoms with van der Waals surface area (Å²) in [7, 11) is 0. The van der Waals surface area contributed by atoms with Crippen LogP contribution in [0.1, 0.15) is 25.7 Å². The molecule has 0 aromatic heterocycles. The van der Waals surface area contributed by atoms with Gasteiger partial charge in [0.15, 0.2) is 0 Å². The number of amides is 1. The van der Waals surface area contributed by atoms with Crippen LogP contribution in [0.25, 0.3) is 0 Å². The Labute approximate surface area is 84.6 Å². The summed E-state index contributed by atoms with van der Waals surface area (Å²) >= 11 is 0. The first kappa shape index (κ1) is 11.5. The summed E-state index contributed by atoms with van der Waals surface area (Å²) in [6.07, 6.45) is 3.20. The molecular weight excluding hydrogens is 182 g/mol. The molecular formula is C10H19NO3. The van der Waals surface area contributed by atoms with Crippen molar-refractivity contribution in [1.82, 2.24) is 5.32 Å². The van der Waals surface area contributed by atoms with E-state index in [0.717, 1.165) is 26.1 Å². The van der Waals surface area contributed by atoms with E-state index in [1.165, 1.54) is 0 Å². The van der Waals surface area contributed by atoms with E-state index in [4.69, 9.17) is 9.84 Å². The standard InChI is InChI=1S/C10H19NO3/c12-5-1-4-10(13)11-7-9-3-2-6-14-8-9/h9,12H,1-8H2,(H,11,13). The molecule has 1 atom stereocenters. The topological polar surface area (TPSA) is 58.6 Å². The number of carbonyl (C=O) groups is 1. The van der Waals surface area contributed by atoms with Crippen LogP contribution < -0.4 is 5.32 Å². The fourth-order valence-electron chi connectivity index (χ4n) is 1.55. The zero-order valence-corrected chi connectivity index (χ0v) is 8.50. The third-order valence-electron chi connectivity index (χ3n) is 2.40. The van der Waals surface area contributed by atoms with Crippen molar-refractivity contribution < 1.29 is 14.6 Å². The minimum absolute atomic E-state index is 0.0321. The molecule has 0 aromatic carbocycles. The van der Waals surface area contributed by atoms with E-state index in [9.17, 15) is 4.79 Å². The molecule has 4 heteroatoms. The Morgan fingerprint density at radius 3 is 3.07 bits per heavy atom. The van der Waals surface area contributed by atoms with Crippen molar-refractivity contribution in [2.75, 3.05) is 26.4 Å². The van der Waals surface area contributed by atoms with Crippen LogP contribution in [-0.2, 0) is 9.53 Å². The molecule has 0 bridgehead atoms. The van der Waals surface area contributed by atoms with Gasteiger partial charge in [-0.25, -0.2) is 0 Å². The van der Waals surface area contributed by atoms with Gasteiger partial charge in [-0.3, -0.25) is 4.79 Å². The molecule has 1 saturated heterocycles. The molecule has 14 heavy (non-hydrogen) atoms. The van der Waals surface area contributed by atoms with Crippen molar-refractivity contribution in [3.63, 3.8) is 0 Å². The number of hydrogen-bond acceptors (Lipinski definition) is 3. The van der Waals surface area contributed by atoms with Crippen LogP contribution in [0.5, 0.6) is 0 Å². The highest BCUT2D eigenvalue weighted by atomic mass is 16.5. The number of aliphatic hydroxyl groups is 1. The van der Waals surface area contributed by atoms with Crippen molar-refractivity contribution in [1.29, 1.82) is 0 Å². The summed E-state index contributed by atoms with van der Waals surface area (Å²) < 4.78 is 5.30. The van der Waals surface area contributed by atoms with Crippen LogP contribution in [0.15, 0.2) is 0 Å². The van der Waals surface area contributed by atoms with E-state index >= 15 is 0 Å². The van der Waals surface area contributed by atoms with Gasteiger partial charge in [-0.15, -0.1) is 0 Å². The Hall–Kier alpha value is -0.610. The van der Waals surface area contributed by atoms with Crippen molar-refractivity contribution in [2.45, 2.75) is 25.7 Å². The second-order valence-electron chi connectivity index (χ2n) is 3.71. The van der Waals surface area contributed by atoms with E-state index in [1.807, 2.05) is 0 Å². The monoisotopic (exact) mass is 201 g/mol. The highest BCUT2D eigenvalue weighted by Crippen LogP contribution is 2.12. The maximum Gasteiger partial charge on any atom is 0.220 e. The second-order valence-corrected chi connectivity index (χ2v) is 3.71. The number of hydrogen-bond donors (Lipinski definition) is 2. The van der Waals surface area contributed by atoms with Gasteiger partial charge in [0.2, 0.25) is 5.91 Å². The molecule has 0 aliphatic carbocycles. The van der Waals surface area contributed by atoms with Crippen LogP contribution in [0.4, 0.5) is 0 Å². The fourth-order valence-corrected chi connectivity index (χ4v) is 1.55. The van der Waals surface area contributed by atoms with Crippen LogP contribution in [0.3, 0.4) is 0 Å². The van der Waals surface area contributed by atoms with Gasteiger partial charge in [-0.05, 0) is 25.2 Å². The molecule has 4 nitrogen and oxygen atoms in total. The zero-order chi connectivity index (χ0) is 10.2. The summed E-state index contributed by atoms with van der Waals surface area (Å²) in [5.41, 5.74) is 0. The van der Waals surface area contributed by atoms with Gasteiger partial charge in [0.25, 0.3) is 0 Å². The second kappa shape index (κ2) is 6.79. The Kier molecular flexibility index (Phi) is 5.56. The zero-order valence-electron chi connectivity index (χ0n) is 8.50. The fraction of sp³-hybridized carbons (Fsp3) is 0.900. The summed E-state index contributed by atoms with van der Waals surface area (Å²) in [5.74, 6) is 0.506. The molecule has 2 N–H and O–H groups in total. The van der Waals surface area contributed by atoms with E-state index in [2.05, 4.69) is 5.32 Å². The highest BCUT2D eigenvalue weighted by molar-refractivity contribution is 5.75. The van der Waals surface area contributed by atoms with Crippen molar-refractivity contribution in [3.05, 3.63) is 0 Å². The van der Waals surface area contributed by atoms with Gasteiger partial charge in [-0.2, -0.15) is 0 Å². The first-order chi connectivity index (χ1) is 6.83. The van der Waals surface area contributed by atoms with E-state index in [0.29, 0.717) is 25.3 Å². The van der Waals surface area contributed by atoms with Gasteiger partial charge in [0, 0.05) is 26.2 Å². The largest absolute Gasteiger partial charge is 0.396 e. The maximum absolute atomic E-state index is 11.2. The molecule has 0 aromatic rings. The lowest BCUT2D eigenvalue weighted by molar-refractivity contribution is -0.121. The van der Waals surface area contributed by atoms with Crippen LogP contribution in [0.2, 0.25) is 0 Å². The third-order valence-corrected chi connectivity index (χ3v) is 2.40. The SMILES string of the molecule is O=C(CCCO)NCC1CCCOC1. The molecule has 0 saturated carbocycles. The molecule has 0 radical (unpaired) electrons. The van der Waals surface area contributed by atoms with Gasteiger partial charge in [0.05, 0.1) is 6.61 Å². The average molecular weight is 201 g/mol. The molecule has 1 aliphatic heterocycles. The lowest BCUT2D eigenvalue weighted by atomic mass is 10.0. The van der Waals surface area contributed by atoms with Crippen LogP contribution >= 0.6 is 0 Å². The minimum atomic E-state index is 0.0321. The molecule has 0 spiro atoms. The number of nitrogens with one attached hydrogen (secondary N) is 1. The summed E-state index contributed by atoms with van der Waals surface area (Å²) in [6.45, 7) is 2.42. The Morgan fingerprint density at radius 2 is 2.43 bits per heavy atom. The van der Waals surface area contributed by atoms with Gasteiger partial charge < -0.3 is 15.2 Å². The Balaban J connectivity index is 2.03. The van der Waals surface area contributed by atoms with Gasteiger partial charge in [0.1, 0.15) is 0 Å². The quantitative estimate of drug-likeness (QED) is 0.672.